The molecular weight excluding hydrogens is 370 g/mol. The number of rotatable bonds is 3. The zero-order valence-electron chi connectivity index (χ0n) is 15.0. The first-order chi connectivity index (χ1) is 12.8. The fraction of sp³-hybridized carbons (Fsp3) is 0.316. The van der Waals surface area contributed by atoms with Crippen LogP contribution >= 0.6 is 11.8 Å². The van der Waals surface area contributed by atoms with Crippen molar-refractivity contribution in [3.63, 3.8) is 0 Å². The highest BCUT2D eigenvalue weighted by atomic mass is 32.2. The van der Waals surface area contributed by atoms with E-state index in [9.17, 15) is 13.6 Å². The fourth-order valence-electron chi connectivity index (χ4n) is 2.87. The molecule has 5 nitrogen and oxygen atoms in total. The number of hydrogen-bond donors (Lipinski definition) is 2. The Morgan fingerprint density at radius 3 is 2.81 bits per heavy atom. The van der Waals surface area contributed by atoms with Crippen molar-refractivity contribution in [2.75, 3.05) is 11.1 Å². The summed E-state index contributed by atoms with van der Waals surface area (Å²) < 4.78 is 27.5. The van der Waals surface area contributed by atoms with Gasteiger partial charge < -0.3 is 11.1 Å². The summed E-state index contributed by atoms with van der Waals surface area (Å²) in [5.74, 6) is -0.182. The minimum Gasteiger partial charge on any atom is -0.387 e. The number of aromatic nitrogens is 1. The van der Waals surface area contributed by atoms with Gasteiger partial charge in [0.25, 0.3) is 5.91 Å². The number of amides is 1. The van der Waals surface area contributed by atoms with Gasteiger partial charge in [-0.25, -0.2) is 13.8 Å². The number of amidine groups is 1. The molecule has 1 amide bonds. The highest BCUT2D eigenvalue weighted by Gasteiger charge is 2.32. The molecule has 0 saturated heterocycles. The molecule has 1 aromatic carbocycles. The number of nitrogens with two attached hydrogens (primary N) is 1. The zero-order chi connectivity index (χ0) is 19.6. The van der Waals surface area contributed by atoms with Crippen molar-refractivity contribution in [2.45, 2.75) is 31.1 Å². The number of anilines is 1. The van der Waals surface area contributed by atoms with Crippen LogP contribution in [0.5, 0.6) is 0 Å². The van der Waals surface area contributed by atoms with Crippen LogP contribution in [-0.2, 0) is 5.54 Å². The lowest BCUT2D eigenvalue weighted by molar-refractivity contribution is 0.102. The minimum atomic E-state index is -0.819. The second-order valence-corrected chi connectivity index (χ2v) is 8.03. The number of nitrogens with zero attached hydrogens (tertiary/aromatic N) is 2. The van der Waals surface area contributed by atoms with Gasteiger partial charge in [-0.2, -0.15) is 11.8 Å². The molecule has 142 valence electrons. The SMILES string of the molecule is CC1SCC[C@@](C)(c2cc(NC(=O)c3ccc(F)cn3)ccc2F)N=C1N. The quantitative estimate of drug-likeness (QED) is 0.837. The third kappa shape index (κ3) is 4.27. The number of carbonyl (C=O) groups is 1. The number of nitrogens with one attached hydrogen (secondary N) is 1. The summed E-state index contributed by atoms with van der Waals surface area (Å²) in [6.07, 6.45) is 1.59. The molecule has 1 aliphatic rings. The number of carbonyl (C=O) groups excluding carboxylic acids is 1. The van der Waals surface area contributed by atoms with E-state index in [-0.39, 0.29) is 10.9 Å². The standard InChI is InChI=1S/C19H20F2N4OS/c1-11-17(22)25-19(2,7-8-27-11)14-9-13(4-5-15(14)21)24-18(26)16-6-3-12(20)10-23-16/h3-6,9-11H,7-8H2,1-2H3,(H2,22,25)(H,24,26)/t11?,19-/m0/s1. The number of benzene rings is 1. The van der Waals surface area contributed by atoms with Crippen LogP contribution in [0.25, 0.3) is 0 Å². The molecular formula is C19H20F2N4OS. The highest BCUT2D eigenvalue weighted by Crippen LogP contribution is 2.37. The monoisotopic (exact) mass is 390 g/mol. The Hall–Kier alpha value is -2.48. The van der Waals surface area contributed by atoms with Crippen molar-refractivity contribution in [2.24, 2.45) is 10.7 Å². The van der Waals surface area contributed by atoms with Crippen molar-refractivity contribution in [3.8, 4) is 0 Å². The highest BCUT2D eigenvalue weighted by molar-refractivity contribution is 8.00. The third-order valence-electron chi connectivity index (χ3n) is 4.51. The van der Waals surface area contributed by atoms with Crippen LogP contribution in [-0.4, -0.2) is 27.7 Å². The van der Waals surface area contributed by atoms with Gasteiger partial charge in [-0.05, 0) is 56.4 Å². The van der Waals surface area contributed by atoms with E-state index in [0.717, 1.165) is 18.0 Å². The molecule has 1 unspecified atom stereocenters. The van der Waals surface area contributed by atoms with Gasteiger partial charge in [-0.3, -0.25) is 9.79 Å². The molecule has 8 heteroatoms. The zero-order valence-corrected chi connectivity index (χ0v) is 15.8. The smallest absolute Gasteiger partial charge is 0.274 e. The summed E-state index contributed by atoms with van der Waals surface area (Å²) in [7, 11) is 0. The molecule has 1 aliphatic heterocycles. The van der Waals surface area contributed by atoms with Gasteiger partial charge in [-0.15, -0.1) is 0 Å². The van der Waals surface area contributed by atoms with E-state index < -0.39 is 23.1 Å². The molecule has 0 aliphatic carbocycles. The van der Waals surface area contributed by atoms with Crippen LogP contribution < -0.4 is 11.1 Å². The Morgan fingerprint density at radius 2 is 2.11 bits per heavy atom. The molecule has 2 aromatic rings. The molecule has 2 heterocycles. The summed E-state index contributed by atoms with van der Waals surface area (Å²) in [5.41, 5.74) is 6.06. The topological polar surface area (TPSA) is 80.4 Å². The normalized spacial score (nSPS) is 22.7. The first kappa shape index (κ1) is 19.3. The second-order valence-electron chi connectivity index (χ2n) is 6.58. The second kappa shape index (κ2) is 7.64. The molecule has 3 N–H and O–H groups in total. The van der Waals surface area contributed by atoms with E-state index in [0.29, 0.717) is 23.5 Å². The van der Waals surface area contributed by atoms with Crippen molar-refractivity contribution >= 4 is 29.2 Å². The maximum absolute atomic E-state index is 14.6. The Balaban J connectivity index is 1.90. The van der Waals surface area contributed by atoms with Crippen molar-refractivity contribution in [1.29, 1.82) is 0 Å². The van der Waals surface area contributed by atoms with E-state index in [1.165, 1.54) is 18.2 Å². The average Bonchev–Trinajstić information content (AvgIpc) is 2.76. The summed E-state index contributed by atoms with van der Waals surface area (Å²) >= 11 is 1.68. The average molecular weight is 390 g/mol. The Labute approximate surface area is 160 Å². The van der Waals surface area contributed by atoms with E-state index in [1.54, 1.807) is 17.8 Å². The van der Waals surface area contributed by atoms with Crippen LogP contribution in [0.15, 0.2) is 41.5 Å². The number of aliphatic imine (C=N–C) groups is 1. The van der Waals surface area contributed by atoms with Crippen molar-refractivity contribution < 1.29 is 13.6 Å². The van der Waals surface area contributed by atoms with Gasteiger partial charge in [0.05, 0.1) is 17.0 Å². The Morgan fingerprint density at radius 1 is 1.33 bits per heavy atom. The largest absolute Gasteiger partial charge is 0.387 e. The van der Waals surface area contributed by atoms with Crippen LogP contribution in [0, 0.1) is 11.6 Å². The summed E-state index contributed by atoms with van der Waals surface area (Å²) in [6, 6.07) is 6.76. The molecule has 0 spiro atoms. The Bertz CT molecular complexity index is 888. The van der Waals surface area contributed by atoms with Crippen LogP contribution in [0.4, 0.5) is 14.5 Å². The van der Waals surface area contributed by atoms with Crippen molar-refractivity contribution in [3.05, 3.63) is 59.4 Å². The third-order valence-corrected chi connectivity index (χ3v) is 5.69. The summed E-state index contributed by atoms with van der Waals surface area (Å²) in [4.78, 5) is 20.6. The predicted octanol–water partition coefficient (Wildman–Crippen LogP) is 3.71. The van der Waals surface area contributed by atoms with Gasteiger partial charge in [0.15, 0.2) is 0 Å². The minimum absolute atomic E-state index is 0.0652. The van der Waals surface area contributed by atoms with E-state index in [1.807, 2.05) is 13.8 Å². The predicted molar refractivity (Wildman–Crippen MR) is 104 cm³/mol. The summed E-state index contributed by atoms with van der Waals surface area (Å²) in [5, 5.41) is 2.73. The first-order valence-electron chi connectivity index (χ1n) is 8.48. The summed E-state index contributed by atoms with van der Waals surface area (Å²) in [6.45, 7) is 3.81. The van der Waals surface area contributed by atoms with Gasteiger partial charge in [0.1, 0.15) is 23.2 Å². The molecule has 1 aromatic heterocycles. The number of pyridine rings is 1. The van der Waals surface area contributed by atoms with E-state index in [4.69, 9.17) is 5.73 Å². The van der Waals surface area contributed by atoms with Gasteiger partial charge >= 0.3 is 0 Å². The van der Waals surface area contributed by atoms with Gasteiger partial charge in [0, 0.05) is 11.3 Å². The van der Waals surface area contributed by atoms with Crippen LogP contribution in [0.2, 0.25) is 0 Å². The first-order valence-corrected chi connectivity index (χ1v) is 9.53. The van der Waals surface area contributed by atoms with Gasteiger partial charge in [-0.1, -0.05) is 0 Å². The molecule has 0 bridgehead atoms. The number of hydrogen-bond acceptors (Lipinski definition) is 5. The van der Waals surface area contributed by atoms with Crippen LogP contribution in [0.1, 0.15) is 36.3 Å². The number of halogens is 2. The van der Waals surface area contributed by atoms with Crippen molar-refractivity contribution in [1.82, 2.24) is 4.98 Å². The Kier molecular flexibility index (Phi) is 5.46. The molecule has 0 fully saturated rings. The molecule has 3 rings (SSSR count). The maximum Gasteiger partial charge on any atom is 0.274 e. The molecule has 2 atom stereocenters. The lowest BCUT2D eigenvalue weighted by atomic mass is 9.89. The molecule has 27 heavy (non-hydrogen) atoms. The van der Waals surface area contributed by atoms with E-state index in [2.05, 4.69) is 15.3 Å². The van der Waals surface area contributed by atoms with Gasteiger partial charge in [0.2, 0.25) is 0 Å². The lowest BCUT2D eigenvalue weighted by Gasteiger charge is -2.26. The lowest BCUT2D eigenvalue weighted by Crippen LogP contribution is -2.28. The maximum atomic E-state index is 14.6. The van der Waals surface area contributed by atoms with E-state index >= 15 is 0 Å². The fourth-order valence-corrected chi connectivity index (χ4v) is 3.96. The van der Waals surface area contributed by atoms with Crippen LogP contribution in [0.3, 0.4) is 0 Å². The molecule has 0 radical (unpaired) electrons. The molecule has 0 saturated carbocycles. The number of thioether (sulfide) groups is 1.